The molecule has 0 radical (unpaired) electrons. The SMILES string of the molecule is CCC1=C2C(=O)C(CCCCl)CCC2C(C)C(=O)C1C. The van der Waals surface area contributed by atoms with E-state index in [9.17, 15) is 9.59 Å². The number of Topliss-reactive ketones (excluding diaryl/α,β-unsaturated/α-hetero) is 2. The molecule has 20 heavy (non-hydrogen) atoms. The molecule has 0 amide bonds. The Morgan fingerprint density at radius 1 is 1.20 bits per heavy atom. The van der Waals surface area contributed by atoms with Gasteiger partial charge in [-0.1, -0.05) is 26.3 Å². The molecule has 1 fully saturated rings. The number of hydrogen-bond acceptors (Lipinski definition) is 2. The van der Waals surface area contributed by atoms with E-state index in [2.05, 4.69) is 6.92 Å². The van der Waals surface area contributed by atoms with Crippen molar-refractivity contribution < 1.29 is 9.59 Å². The van der Waals surface area contributed by atoms with Crippen molar-refractivity contribution >= 4 is 23.2 Å². The Labute approximate surface area is 127 Å². The molecule has 0 N–H and O–H groups in total. The smallest absolute Gasteiger partial charge is 0.162 e. The third-order valence-corrected chi connectivity index (χ3v) is 5.52. The molecular formula is C17H25ClO2. The van der Waals surface area contributed by atoms with Crippen LogP contribution < -0.4 is 0 Å². The van der Waals surface area contributed by atoms with E-state index in [4.69, 9.17) is 11.6 Å². The van der Waals surface area contributed by atoms with Gasteiger partial charge in [0, 0.05) is 23.6 Å². The topological polar surface area (TPSA) is 34.1 Å². The molecule has 0 spiro atoms. The summed E-state index contributed by atoms with van der Waals surface area (Å²) in [6.45, 7) is 6.04. The van der Waals surface area contributed by atoms with E-state index in [0.717, 1.165) is 43.3 Å². The third kappa shape index (κ3) is 2.59. The molecule has 112 valence electrons. The number of ketones is 2. The second-order valence-corrected chi connectivity index (χ2v) is 6.66. The Morgan fingerprint density at radius 2 is 1.90 bits per heavy atom. The van der Waals surface area contributed by atoms with E-state index in [0.29, 0.717) is 17.4 Å². The minimum atomic E-state index is -0.0722. The maximum atomic E-state index is 12.8. The molecule has 4 atom stereocenters. The molecule has 0 aromatic carbocycles. The van der Waals surface area contributed by atoms with E-state index in [-0.39, 0.29) is 23.7 Å². The van der Waals surface area contributed by atoms with Crippen molar-refractivity contribution in [2.75, 3.05) is 5.88 Å². The van der Waals surface area contributed by atoms with Gasteiger partial charge in [0.2, 0.25) is 0 Å². The summed E-state index contributed by atoms with van der Waals surface area (Å²) in [7, 11) is 0. The zero-order valence-corrected chi connectivity index (χ0v) is 13.5. The highest BCUT2D eigenvalue weighted by molar-refractivity contribution is 6.17. The lowest BCUT2D eigenvalue weighted by atomic mass is 9.62. The maximum Gasteiger partial charge on any atom is 0.162 e. The lowest BCUT2D eigenvalue weighted by Gasteiger charge is -2.40. The van der Waals surface area contributed by atoms with Crippen LogP contribution in [0.25, 0.3) is 0 Å². The largest absolute Gasteiger partial charge is 0.299 e. The first-order valence-corrected chi connectivity index (χ1v) is 8.43. The molecule has 0 aromatic heterocycles. The molecule has 2 aliphatic rings. The van der Waals surface area contributed by atoms with Gasteiger partial charge in [-0.05, 0) is 43.6 Å². The van der Waals surface area contributed by atoms with Crippen molar-refractivity contribution in [3.63, 3.8) is 0 Å². The first-order chi connectivity index (χ1) is 9.52. The van der Waals surface area contributed by atoms with Gasteiger partial charge in [0.15, 0.2) is 5.78 Å². The summed E-state index contributed by atoms with van der Waals surface area (Å²) in [4.78, 5) is 25.2. The van der Waals surface area contributed by atoms with Gasteiger partial charge in [0.1, 0.15) is 5.78 Å². The second-order valence-electron chi connectivity index (χ2n) is 6.28. The zero-order chi connectivity index (χ0) is 14.9. The fourth-order valence-corrected chi connectivity index (χ4v) is 4.20. The van der Waals surface area contributed by atoms with Gasteiger partial charge < -0.3 is 0 Å². The van der Waals surface area contributed by atoms with Gasteiger partial charge in [0.25, 0.3) is 0 Å². The number of halogens is 1. The average molecular weight is 297 g/mol. The average Bonchev–Trinajstić information content (AvgIpc) is 2.45. The summed E-state index contributed by atoms with van der Waals surface area (Å²) >= 11 is 5.76. The predicted octanol–water partition coefficient (Wildman–Crippen LogP) is 4.16. The third-order valence-electron chi connectivity index (χ3n) is 5.25. The summed E-state index contributed by atoms with van der Waals surface area (Å²) in [5.41, 5.74) is 2.12. The van der Waals surface area contributed by atoms with Crippen LogP contribution in [0.1, 0.15) is 52.9 Å². The van der Waals surface area contributed by atoms with Crippen LogP contribution in [-0.4, -0.2) is 17.4 Å². The Kier molecular flexibility index (Phi) is 5.06. The number of allylic oxidation sites excluding steroid dienone is 2. The van der Waals surface area contributed by atoms with Gasteiger partial charge in [-0.2, -0.15) is 0 Å². The summed E-state index contributed by atoms with van der Waals surface area (Å²) in [5.74, 6) is 1.50. The molecule has 0 bridgehead atoms. The molecule has 0 aliphatic heterocycles. The van der Waals surface area contributed by atoms with E-state index >= 15 is 0 Å². The summed E-state index contributed by atoms with van der Waals surface area (Å²) in [6.07, 6.45) is 4.52. The highest BCUT2D eigenvalue weighted by Crippen LogP contribution is 2.45. The second kappa shape index (κ2) is 6.43. The first kappa shape index (κ1) is 15.8. The van der Waals surface area contributed by atoms with Crippen molar-refractivity contribution in [3.8, 4) is 0 Å². The van der Waals surface area contributed by atoms with E-state index in [1.165, 1.54) is 0 Å². The summed E-state index contributed by atoms with van der Waals surface area (Å²) in [6, 6.07) is 0. The fraction of sp³-hybridized carbons (Fsp3) is 0.765. The standard InChI is InChI=1S/C17H25ClO2/c1-4-13-10(2)16(19)11(3)14-8-7-12(6-5-9-18)17(20)15(13)14/h10-12,14H,4-9H2,1-3H3. The monoisotopic (exact) mass is 296 g/mol. The molecule has 4 unspecified atom stereocenters. The Balaban J connectivity index is 2.35. The van der Waals surface area contributed by atoms with Crippen LogP contribution in [0.4, 0.5) is 0 Å². The number of hydrogen-bond donors (Lipinski definition) is 0. The van der Waals surface area contributed by atoms with E-state index < -0.39 is 0 Å². The zero-order valence-electron chi connectivity index (χ0n) is 12.7. The predicted molar refractivity (Wildman–Crippen MR) is 81.8 cm³/mol. The molecule has 2 rings (SSSR count). The van der Waals surface area contributed by atoms with Crippen LogP contribution in [0.5, 0.6) is 0 Å². The number of carbonyl (C=O) groups excluding carboxylic acids is 2. The Morgan fingerprint density at radius 3 is 2.50 bits per heavy atom. The number of carbonyl (C=O) groups is 2. The van der Waals surface area contributed by atoms with Crippen LogP contribution in [0.3, 0.4) is 0 Å². The minimum Gasteiger partial charge on any atom is -0.299 e. The summed E-state index contributed by atoms with van der Waals surface area (Å²) in [5, 5.41) is 0. The molecule has 1 saturated carbocycles. The Hall–Kier alpha value is -0.630. The summed E-state index contributed by atoms with van der Waals surface area (Å²) < 4.78 is 0. The van der Waals surface area contributed by atoms with Crippen molar-refractivity contribution in [1.29, 1.82) is 0 Å². The molecule has 2 aliphatic carbocycles. The van der Waals surface area contributed by atoms with Gasteiger partial charge in [0.05, 0.1) is 0 Å². The van der Waals surface area contributed by atoms with Crippen molar-refractivity contribution in [2.45, 2.75) is 52.9 Å². The number of alkyl halides is 1. The van der Waals surface area contributed by atoms with Gasteiger partial charge in [-0.3, -0.25) is 9.59 Å². The molecule has 0 saturated heterocycles. The Bertz CT molecular complexity index is 438. The van der Waals surface area contributed by atoms with Crippen LogP contribution in [0.15, 0.2) is 11.1 Å². The lowest BCUT2D eigenvalue weighted by molar-refractivity contribution is -0.129. The normalized spacial score (nSPS) is 34.4. The number of fused-ring (bicyclic) bond motifs is 1. The molecule has 0 heterocycles. The van der Waals surface area contributed by atoms with Crippen LogP contribution in [-0.2, 0) is 9.59 Å². The highest BCUT2D eigenvalue weighted by atomic mass is 35.5. The fourth-order valence-electron chi connectivity index (χ4n) is 4.05. The van der Waals surface area contributed by atoms with Gasteiger partial charge in [-0.25, -0.2) is 0 Å². The maximum absolute atomic E-state index is 12.8. The molecular weight excluding hydrogens is 272 g/mol. The highest BCUT2D eigenvalue weighted by Gasteiger charge is 2.44. The van der Waals surface area contributed by atoms with Crippen LogP contribution >= 0.6 is 11.6 Å². The van der Waals surface area contributed by atoms with Gasteiger partial charge in [-0.15, -0.1) is 11.6 Å². The minimum absolute atomic E-state index is 0.00762. The molecule has 2 nitrogen and oxygen atoms in total. The van der Waals surface area contributed by atoms with E-state index in [1.54, 1.807) is 0 Å². The van der Waals surface area contributed by atoms with Crippen LogP contribution in [0, 0.1) is 23.7 Å². The number of rotatable bonds is 4. The first-order valence-electron chi connectivity index (χ1n) is 7.89. The lowest BCUT2D eigenvalue weighted by Crippen LogP contribution is -2.41. The quantitative estimate of drug-likeness (QED) is 0.730. The molecule has 3 heteroatoms. The van der Waals surface area contributed by atoms with Crippen molar-refractivity contribution in [2.24, 2.45) is 23.7 Å². The van der Waals surface area contributed by atoms with Crippen molar-refractivity contribution in [3.05, 3.63) is 11.1 Å². The van der Waals surface area contributed by atoms with Crippen LogP contribution in [0.2, 0.25) is 0 Å². The van der Waals surface area contributed by atoms with E-state index in [1.807, 2.05) is 13.8 Å². The molecule has 0 aromatic rings. The van der Waals surface area contributed by atoms with Crippen molar-refractivity contribution in [1.82, 2.24) is 0 Å². The van der Waals surface area contributed by atoms with Gasteiger partial charge >= 0.3 is 0 Å².